The van der Waals surface area contributed by atoms with Crippen LogP contribution in [0.5, 0.6) is 0 Å². The summed E-state index contributed by atoms with van der Waals surface area (Å²) in [5.41, 5.74) is 4.00. The van der Waals surface area contributed by atoms with E-state index < -0.39 is 6.29 Å². The highest BCUT2D eigenvalue weighted by Crippen LogP contribution is 2.38. The van der Waals surface area contributed by atoms with E-state index in [1.807, 2.05) is 18.2 Å². The molecule has 0 bridgehead atoms. The van der Waals surface area contributed by atoms with Crippen LogP contribution in [0.3, 0.4) is 0 Å². The van der Waals surface area contributed by atoms with E-state index in [1.165, 1.54) is 70.6 Å². The normalized spacial score (nSPS) is 19.5. The Labute approximate surface area is 312 Å². The molecule has 5 rings (SSSR count). The van der Waals surface area contributed by atoms with Gasteiger partial charge in [-0.2, -0.15) is 0 Å². The molecule has 3 atom stereocenters. The van der Waals surface area contributed by atoms with Gasteiger partial charge in [0.25, 0.3) is 0 Å². The van der Waals surface area contributed by atoms with Crippen LogP contribution in [0.25, 0.3) is 0 Å². The molecule has 3 unspecified atom stereocenters. The highest BCUT2D eigenvalue weighted by atomic mass is 16.7. The summed E-state index contributed by atoms with van der Waals surface area (Å²) in [6.45, 7) is 7.21. The molecule has 2 fully saturated rings. The van der Waals surface area contributed by atoms with E-state index in [9.17, 15) is 9.90 Å². The number of piperazine rings is 1. The molecule has 2 aromatic carbocycles. The van der Waals surface area contributed by atoms with Crippen molar-refractivity contribution in [1.82, 2.24) is 20.2 Å². The third kappa shape index (κ3) is 13.6. The molecule has 0 spiro atoms. The fourth-order valence-corrected chi connectivity index (χ4v) is 7.29. The summed E-state index contributed by atoms with van der Waals surface area (Å²) < 4.78 is 13.2. The molecule has 0 radical (unpaired) electrons. The fraction of sp³-hybridized carbons (Fsp3) is 0.605. The van der Waals surface area contributed by atoms with Gasteiger partial charge in [0, 0.05) is 70.1 Å². The number of hydrogen-bond donors (Lipinski definition) is 2. The lowest BCUT2D eigenvalue weighted by Gasteiger charge is -2.40. The Morgan fingerprint density at radius 3 is 1.94 bits per heavy atom. The minimum absolute atomic E-state index is 0.00939. The zero-order chi connectivity index (χ0) is 36.2. The van der Waals surface area contributed by atoms with E-state index in [2.05, 4.69) is 68.4 Å². The maximum atomic E-state index is 12.6. The molecule has 3 heterocycles. The number of anilines is 1. The van der Waals surface area contributed by atoms with Gasteiger partial charge < -0.3 is 24.8 Å². The van der Waals surface area contributed by atoms with Crippen molar-refractivity contribution in [1.29, 1.82) is 0 Å². The summed E-state index contributed by atoms with van der Waals surface area (Å²) in [6, 6.07) is 18.1. The molecule has 0 aliphatic carbocycles. The van der Waals surface area contributed by atoms with Crippen molar-refractivity contribution in [2.24, 2.45) is 0 Å². The van der Waals surface area contributed by atoms with E-state index in [1.54, 1.807) is 12.4 Å². The van der Waals surface area contributed by atoms with E-state index in [0.717, 1.165) is 80.2 Å². The number of aromatic nitrogens is 2. The third-order valence-corrected chi connectivity index (χ3v) is 10.5. The number of nitrogens with one attached hydrogen (secondary N) is 1. The predicted octanol–water partition coefficient (Wildman–Crippen LogP) is 8.43. The monoisotopic (exact) mass is 713 g/mol. The van der Waals surface area contributed by atoms with Crippen molar-refractivity contribution in [2.75, 3.05) is 37.6 Å². The van der Waals surface area contributed by atoms with Crippen molar-refractivity contribution in [3.63, 3.8) is 0 Å². The van der Waals surface area contributed by atoms with Crippen molar-refractivity contribution < 1.29 is 19.4 Å². The summed E-state index contributed by atoms with van der Waals surface area (Å²) in [5, 5.41) is 12.7. The molecule has 9 heteroatoms. The summed E-state index contributed by atoms with van der Waals surface area (Å²) in [4.78, 5) is 26.1. The second-order valence-corrected chi connectivity index (χ2v) is 14.7. The summed E-state index contributed by atoms with van der Waals surface area (Å²) in [6.07, 6.45) is 21.3. The number of aliphatic hydroxyl groups is 1. The Kier molecular flexibility index (Phi) is 17.3. The lowest BCUT2D eigenvalue weighted by Crippen LogP contribution is -2.50. The van der Waals surface area contributed by atoms with Crippen LogP contribution in [0, 0.1) is 0 Å². The number of aliphatic hydroxyl groups excluding tert-OH is 1. The largest absolute Gasteiger partial charge is 0.392 e. The van der Waals surface area contributed by atoms with Gasteiger partial charge in [-0.05, 0) is 29.2 Å². The van der Waals surface area contributed by atoms with Crippen LogP contribution < -0.4 is 10.2 Å². The zero-order valence-corrected chi connectivity index (χ0v) is 31.6. The Bertz CT molecular complexity index is 1400. The summed E-state index contributed by atoms with van der Waals surface area (Å²) in [5.74, 6) is 0.912. The number of hydrogen-bond acceptors (Lipinski definition) is 8. The third-order valence-electron chi connectivity index (χ3n) is 10.5. The molecule has 0 saturated carbocycles. The van der Waals surface area contributed by atoms with Gasteiger partial charge in [0.2, 0.25) is 11.9 Å². The van der Waals surface area contributed by atoms with E-state index in [-0.39, 0.29) is 24.7 Å². The molecule has 2 aliphatic heterocycles. The topological polar surface area (TPSA) is 100 Å². The smallest absolute Gasteiger partial charge is 0.225 e. The molecule has 1 amide bonds. The van der Waals surface area contributed by atoms with Gasteiger partial charge in [-0.1, -0.05) is 133 Å². The van der Waals surface area contributed by atoms with Crippen molar-refractivity contribution in [3.05, 3.63) is 89.2 Å². The molecule has 9 nitrogen and oxygen atoms in total. The van der Waals surface area contributed by atoms with Crippen LogP contribution in [0.1, 0.15) is 138 Å². The van der Waals surface area contributed by atoms with Crippen molar-refractivity contribution in [3.8, 4) is 0 Å². The zero-order valence-electron chi connectivity index (χ0n) is 31.6. The SMILES string of the molecule is CCCCCCCCCCCCCCCC(=O)NCc1ccc(C2OC(CN3CCN(c4ncccn4)CC3)CC(c3ccc(CO)cc3)O2)cc1. The molecule has 284 valence electrons. The van der Waals surface area contributed by atoms with Crippen LogP contribution in [-0.2, 0) is 27.4 Å². The molecule has 2 N–H and O–H groups in total. The van der Waals surface area contributed by atoms with Crippen LogP contribution in [0.2, 0.25) is 0 Å². The second-order valence-electron chi connectivity index (χ2n) is 14.7. The van der Waals surface area contributed by atoms with Gasteiger partial charge in [-0.25, -0.2) is 9.97 Å². The Morgan fingerprint density at radius 1 is 0.750 bits per heavy atom. The average Bonchev–Trinajstić information content (AvgIpc) is 3.19. The molecular formula is C43H63N5O4. The molecule has 2 saturated heterocycles. The van der Waals surface area contributed by atoms with Gasteiger partial charge in [-0.15, -0.1) is 0 Å². The number of amides is 1. The number of nitrogens with zero attached hydrogens (tertiary/aromatic N) is 4. The number of unbranched alkanes of at least 4 members (excludes halogenated alkanes) is 12. The maximum absolute atomic E-state index is 12.6. The molecule has 2 aliphatic rings. The average molecular weight is 714 g/mol. The Morgan fingerprint density at radius 2 is 1.33 bits per heavy atom. The van der Waals surface area contributed by atoms with E-state index >= 15 is 0 Å². The molecule has 52 heavy (non-hydrogen) atoms. The van der Waals surface area contributed by atoms with Crippen molar-refractivity contribution in [2.45, 2.75) is 135 Å². The minimum Gasteiger partial charge on any atom is -0.392 e. The number of rotatable bonds is 22. The first kappa shape index (κ1) is 39.8. The summed E-state index contributed by atoms with van der Waals surface area (Å²) >= 11 is 0. The first-order chi connectivity index (χ1) is 25.6. The second kappa shape index (κ2) is 22.6. The Balaban J connectivity index is 1.04. The van der Waals surface area contributed by atoms with Crippen LogP contribution >= 0.6 is 0 Å². The lowest BCUT2D eigenvalue weighted by molar-refractivity contribution is -0.253. The van der Waals surface area contributed by atoms with Gasteiger partial charge in [0.05, 0.1) is 18.8 Å². The van der Waals surface area contributed by atoms with Gasteiger partial charge in [0.15, 0.2) is 6.29 Å². The fourth-order valence-electron chi connectivity index (χ4n) is 7.29. The Hall–Kier alpha value is -3.37. The van der Waals surface area contributed by atoms with E-state index in [0.29, 0.717) is 13.0 Å². The van der Waals surface area contributed by atoms with Gasteiger partial charge >= 0.3 is 0 Å². The highest BCUT2D eigenvalue weighted by molar-refractivity contribution is 5.75. The van der Waals surface area contributed by atoms with Gasteiger partial charge in [-0.3, -0.25) is 9.69 Å². The quantitative estimate of drug-likeness (QED) is 0.100. The maximum Gasteiger partial charge on any atom is 0.225 e. The summed E-state index contributed by atoms with van der Waals surface area (Å²) in [7, 11) is 0. The van der Waals surface area contributed by atoms with E-state index in [4.69, 9.17) is 9.47 Å². The van der Waals surface area contributed by atoms with Crippen LogP contribution in [-0.4, -0.2) is 64.7 Å². The van der Waals surface area contributed by atoms with Crippen LogP contribution in [0.15, 0.2) is 67.0 Å². The lowest BCUT2D eigenvalue weighted by atomic mass is 9.99. The highest BCUT2D eigenvalue weighted by Gasteiger charge is 2.34. The van der Waals surface area contributed by atoms with Gasteiger partial charge in [0.1, 0.15) is 0 Å². The number of carbonyl (C=O) groups is 1. The number of ether oxygens (including phenoxy) is 2. The minimum atomic E-state index is -0.500. The first-order valence-corrected chi connectivity index (χ1v) is 20.2. The number of benzene rings is 2. The molecule has 1 aromatic heterocycles. The predicted molar refractivity (Wildman–Crippen MR) is 208 cm³/mol. The first-order valence-electron chi connectivity index (χ1n) is 20.2. The number of carbonyl (C=O) groups excluding carboxylic acids is 1. The molecular weight excluding hydrogens is 651 g/mol. The molecule has 3 aromatic rings. The standard InChI is InChI=1S/C43H63N5O4/c1-2-3-4-5-6-7-8-9-10-11-12-13-14-16-41(50)46-32-35-17-23-38(24-18-35)42-51-39(31-40(52-42)37-21-19-36(34-49)20-22-37)33-47-27-29-48(30-28-47)43-44-25-15-26-45-43/h15,17-26,39-40,42,49H,2-14,16,27-34H2,1H3,(H,46,50). The van der Waals surface area contributed by atoms with Crippen molar-refractivity contribution >= 4 is 11.9 Å². The van der Waals surface area contributed by atoms with Crippen LogP contribution in [0.4, 0.5) is 5.95 Å².